The third-order valence-electron chi connectivity index (χ3n) is 3.94. The van der Waals surface area contributed by atoms with Gasteiger partial charge in [0.2, 0.25) is 11.4 Å². The molecule has 0 bridgehead atoms. The SMILES string of the molecule is C[C@@]1(C(=O)OCc2ccc([N+](=O)[O-])cc2)C(=O)O[C@@H]2CC(=O)N21. The van der Waals surface area contributed by atoms with Gasteiger partial charge in [0.05, 0.1) is 11.3 Å². The molecule has 2 aliphatic rings. The number of ether oxygens (including phenoxy) is 2. The number of nitro groups is 1. The number of carbonyl (C=O) groups is 3. The van der Waals surface area contributed by atoms with Crippen LogP contribution in [-0.2, 0) is 30.5 Å². The maximum atomic E-state index is 12.2. The van der Waals surface area contributed by atoms with Crippen molar-refractivity contribution in [2.45, 2.75) is 31.7 Å². The Morgan fingerprint density at radius 2 is 2.09 bits per heavy atom. The molecule has 0 aliphatic carbocycles. The van der Waals surface area contributed by atoms with E-state index in [0.29, 0.717) is 5.56 Å². The summed E-state index contributed by atoms with van der Waals surface area (Å²) in [6, 6.07) is 5.45. The Labute approximate surface area is 129 Å². The number of rotatable bonds is 4. The second-order valence-corrected chi connectivity index (χ2v) is 5.40. The second-order valence-electron chi connectivity index (χ2n) is 5.40. The number of esters is 2. The van der Waals surface area contributed by atoms with E-state index in [-0.39, 0.29) is 24.6 Å². The molecule has 9 nitrogen and oxygen atoms in total. The van der Waals surface area contributed by atoms with Crippen molar-refractivity contribution in [2.24, 2.45) is 0 Å². The van der Waals surface area contributed by atoms with Crippen molar-refractivity contribution in [3.8, 4) is 0 Å². The van der Waals surface area contributed by atoms with Gasteiger partial charge >= 0.3 is 11.9 Å². The van der Waals surface area contributed by atoms with E-state index in [1.807, 2.05) is 0 Å². The topological polar surface area (TPSA) is 116 Å². The number of nitrogens with zero attached hydrogens (tertiary/aromatic N) is 2. The molecular weight excluding hydrogens is 308 g/mol. The Bertz CT molecular complexity index is 714. The minimum atomic E-state index is -1.78. The van der Waals surface area contributed by atoms with Gasteiger partial charge in [0, 0.05) is 12.1 Å². The lowest BCUT2D eigenvalue weighted by molar-refractivity contribution is -0.384. The first-order valence-electron chi connectivity index (χ1n) is 6.78. The zero-order valence-corrected chi connectivity index (χ0v) is 12.1. The van der Waals surface area contributed by atoms with Crippen LogP contribution in [0.25, 0.3) is 0 Å². The van der Waals surface area contributed by atoms with E-state index in [4.69, 9.17) is 9.47 Å². The van der Waals surface area contributed by atoms with Crippen LogP contribution in [0.5, 0.6) is 0 Å². The third-order valence-corrected chi connectivity index (χ3v) is 3.94. The van der Waals surface area contributed by atoms with Crippen LogP contribution in [0.3, 0.4) is 0 Å². The van der Waals surface area contributed by atoms with Gasteiger partial charge in [-0.3, -0.25) is 19.8 Å². The number of amides is 1. The summed E-state index contributed by atoms with van der Waals surface area (Å²) in [5.41, 5.74) is -1.34. The molecular formula is C14H12N2O7. The van der Waals surface area contributed by atoms with Crippen LogP contribution >= 0.6 is 0 Å². The number of nitro benzene ring substituents is 1. The van der Waals surface area contributed by atoms with Crippen LogP contribution in [0.2, 0.25) is 0 Å². The fourth-order valence-corrected chi connectivity index (χ4v) is 2.54. The molecule has 0 aromatic heterocycles. The molecule has 3 rings (SSSR count). The predicted octanol–water partition coefficient (Wildman–Crippen LogP) is 0.512. The van der Waals surface area contributed by atoms with Gasteiger partial charge in [-0.15, -0.1) is 0 Å². The largest absolute Gasteiger partial charge is 0.459 e. The summed E-state index contributed by atoms with van der Waals surface area (Å²) in [6.45, 7) is 1.11. The van der Waals surface area contributed by atoms with Crippen LogP contribution in [0.15, 0.2) is 24.3 Å². The first-order chi connectivity index (χ1) is 10.8. The van der Waals surface area contributed by atoms with Gasteiger partial charge in [-0.1, -0.05) is 0 Å². The van der Waals surface area contributed by atoms with Crippen LogP contribution in [-0.4, -0.2) is 39.4 Å². The Hall–Kier alpha value is -2.97. The zero-order valence-electron chi connectivity index (χ0n) is 12.1. The van der Waals surface area contributed by atoms with Crippen molar-refractivity contribution in [2.75, 3.05) is 0 Å². The van der Waals surface area contributed by atoms with Gasteiger partial charge < -0.3 is 9.47 Å². The van der Waals surface area contributed by atoms with Gasteiger partial charge in [-0.25, -0.2) is 9.59 Å². The summed E-state index contributed by atoms with van der Waals surface area (Å²) < 4.78 is 10.0. The molecule has 0 saturated carbocycles. The lowest BCUT2D eigenvalue weighted by Crippen LogP contribution is -2.62. The van der Waals surface area contributed by atoms with Crippen LogP contribution in [0, 0.1) is 10.1 Å². The number of carbonyl (C=O) groups excluding carboxylic acids is 3. The number of non-ortho nitro benzene ring substituents is 1. The number of β-lactam (4-membered cyclic amide) rings is 1. The summed E-state index contributed by atoms with van der Waals surface area (Å²) in [7, 11) is 0. The summed E-state index contributed by atoms with van der Waals surface area (Å²) in [5.74, 6) is -2.06. The molecule has 0 spiro atoms. The van der Waals surface area contributed by atoms with Gasteiger partial charge in [-0.2, -0.15) is 0 Å². The Morgan fingerprint density at radius 3 is 2.65 bits per heavy atom. The zero-order chi connectivity index (χ0) is 16.8. The molecule has 2 aliphatic heterocycles. The Balaban J connectivity index is 1.68. The fourth-order valence-electron chi connectivity index (χ4n) is 2.54. The standard InChI is InChI=1S/C14H12N2O7/c1-14(13(19)23-11-6-10(17)15(11)14)12(18)22-7-8-2-4-9(5-3-8)16(20)21/h2-5,11H,6-7H2,1H3/t11-,14-/m1/s1. The lowest BCUT2D eigenvalue weighted by atomic mass is 9.97. The fraction of sp³-hybridized carbons (Fsp3) is 0.357. The highest BCUT2D eigenvalue weighted by atomic mass is 16.6. The Kier molecular flexibility index (Phi) is 3.28. The summed E-state index contributed by atoms with van der Waals surface area (Å²) in [6.07, 6.45) is -0.635. The molecule has 1 aromatic carbocycles. The molecule has 2 atom stereocenters. The lowest BCUT2D eigenvalue weighted by Gasteiger charge is -2.38. The highest BCUT2D eigenvalue weighted by Crippen LogP contribution is 2.38. The molecule has 0 unspecified atom stereocenters. The molecule has 2 saturated heterocycles. The van der Waals surface area contributed by atoms with Crippen molar-refractivity contribution in [1.82, 2.24) is 4.90 Å². The third kappa shape index (κ3) is 2.20. The van der Waals surface area contributed by atoms with Gasteiger partial charge in [0.15, 0.2) is 6.23 Å². The van der Waals surface area contributed by atoms with Crippen molar-refractivity contribution < 1.29 is 28.8 Å². The van der Waals surface area contributed by atoms with E-state index < -0.39 is 28.6 Å². The monoisotopic (exact) mass is 320 g/mol. The smallest absolute Gasteiger partial charge is 0.345 e. The van der Waals surface area contributed by atoms with E-state index >= 15 is 0 Å². The first-order valence-corrected chi connectivity index (χ1v) is 6.78. The van der Waals surface area contributed by atoms with Crippen molar-refractivity contribution >= 4 is 23.5 Å². The molecule has 120 valence electrons. The average molecular weight is 320 g/mol. The van der Waals surface area contributed by atoms with Crippen molar-refractivity contribution in [3.63, 3.8) is 0 Å². The number of fused-ring (bicyclic) bond motifs is 1. The molecule has 1 aromatic rings. The molecule has 1 amide bonds. The van der Waals surface area contributed by atoms with E-state index in [1.165, 1.54) is 31.2 Å². The minimum absolute atomic E-state index is 0.0664. The van der Waals surface area contributed by atoms with E-state index in [9.17, 15) is 24.5 Å². The predicted molar refractivity (Wildman–Crippen MR) is 72.6 cm³/mol. The van der Waals surface area contributed by atoms with Gasteiger partial charge in [0.25, 0.3) is 5.69 Å². The summed E-state index contributed by atoms with van der Waals surface area (Å²) in [5, 5.41) is 10.6. The minimum Gasteiger partial charge on any atom is -0.459 e. The number of hydrogen-bond acceptors (Lipinski definition) is 7. The number of hydrogen-bond donors (Lipinski definition) is 0. The average Bonchev–Trinajstić information content (AvgIpc) is 2.72. The van der Waals surface area contributed by atoms with Crippen LogP contribution < -0.4 is 0 Å². The Morgan fingerprint density at radius 1 is 1.43 bits per heavy atom. The quantitative estimate of drug-likeness (QED) is 0.261. The maximum Gasteiger partial charge on any atom is 0.345 e. The molecule has 9 heteroatoms. The van der Waals surface area contributed by atoms with Crippen LogP contribution in [0.4, 0.5) is 5.69 Å². The molecule has 2 heterocycles. The normalized spacial score (nSPS) is 25.4. The van der Waals surface area contributed by atoms with E-state index in [1.54, 1.807) is 0 Å². The molecule has 0 N–H and O–H groups in total. The molecule has 0 radical (unpaired) electrons. The molecule has 23 heavy (non-hydrogen) atoms. The van der Waals surface area contributed by atoms with E-state index in [2.05, 4.69) is 0 Å². The van der Waals surface area contributed by atoms with Crippen molar-refractivity contribution in [3.05, 3.63) is 39.9 Å². The molecule has 2 fully saturated rings. The van der Waals surface area contributed by atoms with Gasteiger partial charge in [0.1, 0.15) is 6.61 Å². The number of benzene rings is 1. The summed E-state index contributed by atoms with van der Waals surface area (Å²) >= 11 is 0. The maximum absolute atomic E-state index is 12.2. The second kappa shape index (κ2) is 5.04. The van der Waals surface area contributed by atoms with Crippen LogP contribution in [0.1, 0.15) is 18.9 Å². The van der Waals surface area contributed by atoms with Gasteiger partial charge in [-0.05, 0) is 24.6 Å². The highest BCUT2D eigenvalue weighted by Gasteiger charge is 2.65. The summed E-state index contributed by atoms with van der Waals surface area (Å²) in [4.78, 5) is 46.8. The van der Waals surface area contributed by atoms with E-state index in [0.717, 1.165) is 4.90 Å². The highest BCUT2D eigenvalue weighted by molar-refractivity contribution is 6.10. The first kappa shape index (κ1) is 14.9. The van der Waals surface area contributed by atoms with Crippen molar-refractivity contribution in [1.29, 1.82) is 0 Å².